The summed E-state index contributed by atoms with van der Waals surface area (Å²) in [6.07, 6.45) is 2.17. The van der Waals surface area contributed by atoms with Gasteiger partial charge in [-0.25, -0.2) is 0 Å². The van der Waals surface area contributed by atoms with Crippen molar-refractivity contribution in [1.29, 1.82) is 0 Å². The summed E-state index contributed by atoms with van der Waals surface area (Å²) in [6.45, 7) is 1.60. The van der Waals surface area contributed by atoms with E-state index >= 15 is 0 Å². The molecule has 3 rings (SSSR count). The monoisotopic (exact) mass is 296 g/mol. The maximum atomic E-state index is 11.3. The largest absolute Gasteiger partial charge is 0.387 e. The minimum Gasteiger partial charge on any atom is -0.387 e. The lowest BCUT2D eigenvalue weighted by molar-refractivity contribution is -0.118. The molecule has 1 aliphatic carbocycles. The molecule has 0 spiro atoms. The van der Waals surface area contributed by atoms with Crippen LogP contribution in [0.5, 0.6) is 0 Å². The number of benzene rings is 2. The Morgan fingerprint density at radius 1 is 1.23 bits per heavy atom. The summed E-state index contributed by atoms with van der Waals surface area (Å²) < 4.78 is 0. The average molecular weight is 296 g/mol. The van der Waals surface area contributed by atoms with Crippen LogP contribution in [0.25, 0.3) is 0 Å². The number of rotatable bonds is 4. The van der Waals surface area contributed by atoms with E-state index in [2.05, 4.69) is 35.8 Å². The molecular weight excluding hydrogens is 276 g/mol. The second-order valence-electron chi connectivity index (χ2n) is 5.72. The molecule has 0 radical (unpaired) electrons. The molecule has 2 aromatic rings. The van der Waals surface area contributed by atoms with Crippen molar-refractivity contribution in [1.82, 2.24) is 0 Å². The second kappa shape index (κ2) is 6.20. The Labute approximate surface area is 130 Å². The third-order valence-corrected chi connectivity index (χ3v) is 4.01. The Kier molecular flexibility index (Phi) is 4.11. The third kappa shape index (κ3) is 3.12. The van der Waals surface area contributed by atoms with E-state index in [9.17, 15) is 4.79 Å². The standard InChI is InChI=1S/C18H20N2O2/c1-12-5-6-13-7-8-17(16(13)9-12)19-14-3-2-4-15(10-14)20-18(22)11-21/h2-6,9-10,17,19,21H,7-8,11H2,1H3,(H,20,22). The molecule has 1 atom stereocenters. The first-order valence-corrected chi connectivity index (χ1v) is 7.52. The van der Waals surface area contributed by atoms with E-state index in [0.717, 1.165) is 18.5 Å². The molecule has 0 aromatic heterocycles. The first kappa shape index (κ1) is 14.6. The summed E-state index contributed by atoms with van der Waals surface area (Å²) in [5.74, 6) is -0.404. The van der Waals surface area contributed by atoms with Gasteiger partial charge in [0.05, 0.1) is 6.04 Å². The number of hydrogen-bond acceptors (Lipinski definition) is 3. The van der Waals surface area contributed by atoms with E-state index < -0.39 is 12.5 Å². The van der Waals surface area contributed by atoms with Crippen LogP contribution in [0.2, 0.25) is 0 Å². The Hall–Kier alpha value is -2.33. The van der Waals surface area contributed by atoms with E-state index in [1.807, 2.05) is 24.3 Å². The van der Waals surface area contributed by atoms with Crippen molar-refractivity contribution in [2.24, 2.45) is 0 Å². The van der Waals surface area contributed by atoms with Gasteiger partial charge in [0.2, 0.25) is 5.91 Å². The highest BCUT2D eigenvalue weighted by Gasteiger charge is 2.22. The quantitative estimate of drug-likeness (QED) is 0.812. The molecule has 0 bridgehead atoms. The smallest absolute Gasteiger partial charge is 0.250 e. The fraction of sp³-hybridized carbons (Fsp3) is 0.278. The zero-order valence-electron chi connectivity index (χ0n) is 12.6. The minimum absolute atomic E-state index is 0.304. The van der Waals surface area contributed by atoms with E-state index in [4.69, 9.17) is 5.11 Å². The van der Waals surface area contributed by atoms with Gasteiger partial charge in [0.25, 0.3) is 0 Å². The van der Waals surface area contributed by atoms with Crippen LogP contribution in [0.1, 0.15) is 29.2 Å². The number of aliphatic hydroxyl groups excluding tert-OH is 1. The van der Waals surface area contributed by atoms with Crippen molar-refractivity contribution in [3.63, 3.8) is 0 Å². The summed E-state index contributed by atoms with van der Waals surface area (Å²) in [5, 5.41) is 15.0. The van der Waals surface area contributed by atoms with Crippen LogP contribution in [0.15, 0.2) is 42.5 Å². The molecule has 1 aliphatic rings. The van der Waals surface area contributed by atoms with Crippen LogP contribution in [0.4, 0.5) is 11.4 Å². The van der Waals surface area contributed by atoms with Gasteiger partial charge in [0.15, 0.2) is 0 Å². The fourth-order valence-corrected chi connectivity index (χ4v) is 2.96. The molecule has 0 fully saturated rings. The van der Waals surface area contributed by atoms with Crippen molar-refractivity contribution in [3.8, 4) is 0 Å². The molecule has 1 unspecified atom stereocenters. The van der Waals surface area contributed by atoms with Gasteiger partial charge in [-0.1, -0.05) is 29.8 Å². The van der Waals surface area contributed by atoms with Gasteiger partial charge in [-0.05, 0) is 49.1 Å². The van der Waals surface area contributed by atoms with Gasteiger partial charge in [0.1, 0.15) is 6.61 Å². The second-order valence-corrected chi connectivity index (χ2v) is 5.72. The summed E-state index contributed by atoms with van der Waals surface area (Å²) in [4.78, 5) is 11.3. The summed E-state index contributed by atoms with van der Waals surface area (Å²) >= 11 is 0. The van der Waals surface area contributed by atoms with Crippen molar-refractivity contribution in [2.45, 2.75) is 25.8 Å². The van der Waals surface area contributed by atoms with Gasteiger partial charge in [-0.3, -0.25) is 4.79 Å². The molecule has 0 heterocycles. The molecule has 114 valence electrons. The molecule has 1 amide bonds. The molecular formula is C18H20N2O2. The maximum absolute atomic E-state index is 11.3. The number of nitrogens with one attached hydrogen (secondary N) is 2. The minimum atomic E-state index is -0.507. The molecule has 0 saturated carbocycles. The van der Waals surface area contributed by atoms with E-state index in [-0.39, 0.29) is 0 Å². The van der Waals surface area contributed by atoms with Gasteiger partial charge in [-0.15, -0.1) is 0 Å². The molecule has 3 N–H and O–H groups in total. The first-order valence-electron chi connectivity index (χ1n) is 7.52. The number of fused-ring (bicyclic) bond motifs is 1. The highest BCUT2D eigenvalue weighted by molar-refractivity contribution is 5.91. The molecule has 4 nitrogen and oxygen atoms in total. The van der Waals surface area contributed by atoms with Crippen LogP contribution in [0, 0.1) is 6.92 Å². The van der Waals surface area contributed by atoms with Gasteiger partial charge in [0, 0.05) is 11.4 Å². The number of amides is 1. The van der Waals surface area contributed by atoms with Crippen LogP contribution < -0.4 is 10.6 Å². The Balaban J connectivity index is 1.76. The predicted molar refractivity (Wildman–Crippen MR) is 88.0 cm³/mol. The Bertz CT molecular complexity index is 697. The van der Waals surface area contributed by atoms with E-state index in [1.54, 1.807) is 0 Å². The normalized spacial score (nSPS) is 16.2. The summed E-state index contributed by atoms with van der Waals surface area (Å²) in [5.41, 5.74) is 5.70. The van der Waals surface area contributed by atoms with E-state index in [1.165, 1.54) is 16.7 Å². The van der Waals surface area contributed by atoms with Crippen molar-refractivity contribution < 1.29 is 9.90 Å². The number of hydrogen-bond donors (Lipinski definition) is 3. The number of anilines is 2. The van der Waals surface area contributed by atoms with Crippen molar-refractivity contribution >= 4 is 17.3 Å². The predicted octanol–water partition coefficient (Wildman–Crippen LogP) is 3.03. The number of carbonyl (C=O) groups excluding carboxylic acids is 1. The van der Waals surface area contributed by atoms with Crippen LogP contribution in [-0.2, 0) is 11.2 Å². The molecule has 2 aromatic carbocycles. The molecule has 4 heteroatoms. The average Bonchev–Trinajstić information content (AvgIpc) is 2.90. The summed E-state index contributed by atoms with van der Waals surface area (Å²) in [7, 11) is 0. The number of carbonyl (C=O) groups is 1. The maximum Gasteiger partial charge on any atom is 0.250 e. The number of aryl methyl sites for hydroxylation is 2. The highest BCUT2D eigenvalue weighted by atomic mass is 16.3. The van der Waals surface area contributed by atoms with Crippen LogP contribution in [0.3, 0.4) is 0 Å². The van der Waals surface area contributed by atoms with Gasteiger partial charge >= 0.3 is 0 Å². The fourth-order valence-electron chi connectivity index (χ4n) is 2.96. The Morgan fingerprint density at radius 3 is 2.86 bits per heavy atom. The molecule has 0 saturated heterocycles. The summed E-state index contributed by atoms with van der Waals surface area (Å²) in [6, 6.07) is 14.5. The van der Waals surface area contributed by atoms with E-state index in [0.29, 0.717) is 11.7 Å². The zero-order chi connectivity index (χ0) is 15.5. The van der Waals surface area contributed by atoms with Crippen molar-refractivity contribution in [2.75, 3.05) is 17.2 Å². The zero-order valence-corrected chi connectivity index (χ0v) is 12.6. The lowest BCUT2D eigenvalue weighted by atomic mass is 10.0. The lowest BCUT2D eigenvalue weighted by Crippen LogP contribution is -2.15. The van der Waals surface area contributed by atoms with Crippen molar-refractivity contribution in [3.05, 3.63) is 59.2 Å². The first-order chi connectivity index (χ1) is 10.7. The van der Waals surface area contributed by atoms with Crippen LogP contribution in [-0.4, -0.2) is 17.6 Å². The van der Waals surface area contributed by atoms with Gasteiger partial charge < -0.3 is 15.7 Å². The lowest BCUT2D eigenvalue weighted by Gasteiger charge is -2.17. The van der Waals surface area contributed by atoms with Gasteiger partial charge in [-0.2, -0.15) is 0 Å². The highest BCUT2D eigenvalue weighted by Crippen LogP contribution is 2.34. The van der Waals surface area contributed by atoms with Crippen LogP contribution >= 0.6 is 0 Å². The number of aliphatic hydroxyl groups is 1. The molecule has 0 aliphatic heterocycles. The Morgan fingerprint density at radius 2 is 2.05 bits per heavy atom. The SMILES string of the molecule is Cc1ccc2c(c1)C(Nc1cccc(NC(=O)CO)c1)CC2. The topological polar surface area (TPSA) is 61.4 Å². The molecule has 22 heavy (non-hydrogen) atoms. The third-order valence-electron chi connectivity index (χ3n) is 4.01.